The predicted octanol–water partition coefficient (Wildman–Crippen LogP) is 1.03. The van der Waals surface area contributed by atoms with Gasteiger partial charge in [0.15, 0.2) is 0 Å². The second kappa shape index (κ2) is 9.01. The van der Waals surface area contributed by atoms with Gasteiger partial charge in [-0.05, 0) is 0 Å². The van der Waals surface area contributed by atoms with Crippen LogP contribution in [-0.2, 0) is 14.3 Å². The number of hydrogen-bond acceptors (Lipinski definition) is 6. The van der Waals surface area contributed by atoms with Gasteiger partial charge in [-0.15, -0.1) is 0 Å². The van der Waals surface area contributed by atoms with Crippen molar-refractivity contribution < 1.29 is 19.1 Å². The second-order valence-corrected chi connectivity index (χ2v) is 4.85. The summed E-state index contributed by atoms with van der Waals surface area (Å²) < 4.78 is 9.21. The van der Waals surface area contributed by atoms with Gasteiger partial charge in [0, 0.05) is 18.4 Å². The Labute approximate surface area is 90.5 Å². The number of nitrogens with two attached hydrogens (primary N) is 1. The summed E-state index contributed by atoms with van der Waals surface area (Å²) in [6, 6.07) is 0. The van der Waals surface area contributed by atoms with E-state index in [4.69, 9.17) is 10.5 Å². The number of esters is 1. The fraction of sp³-hybridized carbons (Fsp3) is 0.714. The fourth-order valence-corrected chi connectivity index (χ4v) is 2.17. The topological polar surface area (TPSA) is 78.6 Å². The van der Waals surface area contributed by atoms with Gasteiger partial charge in [-0.2, -0.15) is 0 Å². The molecule has 0 aliphatic heterocycles. The van der Waals surface area contributed by atoms with Crippen molar-refractivity contribution >= 4 is 33.7 Å². The van der Waals surface area contributed by atoms with Crippen LogP contribution in [0.4, 0.5) is 4.79 Å². The van der Waals surface area contributed by atoms with Crippen molar-refractivity contribution in [2.45, 2.75) is 6.92 Å². The first-order chi connectivity index (χ1) is 6.63. The first-order valence-corrected chi connectivity index (χ1v) is 6.41. The van der Waals surface area contributed by atoms with Gasteiger partial charge in [-0.3, -0.25) is 4.79 Å². The van der Waals surface area contributed by atoms with Crippen molar-refractivity contribution in [3.8, 4) is 0 Å². The molecule has 2 N–H and O–H groups in total. The van der Waals surface area contributed by atoms with Gasteiger partial charge in [-0.1, -0.05) is 21.6 Å². The third kappa shape index (κ3) is 11.4. The standard InChI is InChI=1S/C7H13NO4S2/c1-6(9)11-2-4-13-14-5-3-12-7(8)10/h2-5H2,1H3,(H2,8,10). The van der Waals surface area contributed by atoms with Crippen molar-refractivity contribution in [2.75, 3.05) is 24.7 Å². The Morgan fingerprint density at radius 1 is 1.14 bits per heavy atom. The predicted molar refractivity (Wildman–Crippen MR) is 57.1 cm³/mol. The molecule has 0 aromatic heterocycles. The summed E-state index contributed by atoms with van der Waals surface area (Å²) in [5.41, 5.74) is 4.75. The summed E-state index contributed by atoms with van der Waals surface area (Å²) in [6.45, 7) is 2.09. The molecule has 0 aromatic rings. The maximum absolute atomic E-state index is 10.3. The summed E-state index contributed by atoms with van der Waals surface area (Å²) in [6.07, 6.45) is -0.754. The van der Waals surface area contributed by atoms with E-state index in [0.717, 1.165) is 5.75 Å². The molecule has 0 spiro atoms. The maximum atomic E-state index is 10.3. The molecular weight excluding hydrogens is 226 g/mol. The average Bonchev–Trinajstić information content (AvgIpc) is 2.08. The SMILES string of the molecule is CC(=O)OCCSSCCOC(N)=O. The van der Waals surface area contributed by atoms with Gasteiger partial charge < -0.3 is 15.2 Å². The van der Waals surface area contributed by atoms with Crippen LogP contribution in [0.3, 0.4) is 0 Å². The Morgan fingerprint density at radius 3 is 2.07 bits per heavy atom. The lowest BCUT2D eigenvalue weighted by atomic mass is 10.8. The lowest BCUT2D eigenvalue weighted by Gasteiger charge is -2.02. The van der Waals surface area contributed by atoms with E-state index < -0.39 is 6.09 Å². The molecule has 0 aromatic carbocycles. The Balaban J connectivity index is 2.99. The molecule has 5 nitrogen and oxygen atoms in total. The molecule has 0 aliphatic carbocycles. The minimum absolute atomic E-state index is 0.271. The summed E-state index contributed by atoms with van der Waals surface area (Å²) in [5.74, 6) is 1.13. The van der Waals surface area contributed by atoms with Crippen LogP contribution in [-0.4, -0.2) is 36.8 Å². The van der Waals surface area contributed by atoms with Gasteiger partial charge in [0.2, 0.25) is 0 Å². The second-order valence-electron chi connectivity index (χ2n) is 2.15. The molecule has 0 unspecified atom stereocenters. The minimum atomic E-state index is -0.754. The van der Waals surface area contributed by atoms with Crippen LogP contribution in [0.2, 0.25) is 0 Å². The number of rotatable bonds is 7. The normalized spacial score (nSPS) is 9.50. The van der Waals surface area contributed by atoms with Crippen molar-refractivity contribution in [3.05, 3.63) is 0 Å². The van der Waals surface area contributed by atoms with Gasteiger partial charge >= 0.3 is 12.1 Å². The zero-order chi connectivity index (χ0) is 10.8. The highest BCUT2D eigenvalue weighted by molar-refractivity contribution is 8.76. The molecule has 14 heavy (non-hydrogen) atoms. The Morgan fingerprint density at radius 2 is 1.64 bits per heavy atom. The molecule has 0 fully saturated rings. The first kappa shape index (κ1) is 13.4. The monoisotopic (exact) mass is 239 g/mol. The molecular formula is C7H13NO4S2. The highest BCUT2D eigenvalue weighted by Crippen LogP contribution is 2.20. The summed E-state index contributed by atoms with van der Waals surface area (Å²) >= 11 is 0. The summed E-state index contributed by atoms with van der Waals surface area (Å²) in [5, 5.41) is 0. The van der Waals surface area contributed by atoms with Crippen LogP contribution in [0, 0.1) is 0 Å². The highest BCUT2D eigenvalue weighted by atomic mass is 33.1. The zero-order valence-electron chi connectivity index (χ0n) is 7.86. The molecule has 0 bridgehead atoms. The molecule has 0 radical (unpaired) electrons. The zero-order valence-corrected chi connectivity index (χ0v) is 9.49. The molecule has 82 valence electrons. The molecule has 1 amide bonds. The van der Waals surface area contributed by atoms with Crippen molar-refractivity contribution in [2.24, 2.45) is 5.73 Å². The number of ether oxygens (including phenoxy) is 2. The third-order valence-electron chi connectivity index (χ3n) is 0.966. The van der Waals surface area contributed by atoms with E-state index in [1.807, 2.05) is 0 Å². The number of amides is 1. The first-order valence-electron chi connectivity index (χ1n) is 3.93. The number of carbonyl (C=O) groups is 2. The summed E-state index contributed by atoms with van der Waals surface area (Å²) in [7, 11) is 3.09. The highest BCUT2D eigenvalue weighted by Gasteiger charge is 1.96. The number of hydrogen-bond donors (Lipinski definition) is 1. The van der Waals surface area contributed by atoms with Gasteiger partial charge in [0.1, 0.15) is 13.2 Å². The maximum Gasteiger partial charge on any atom is 0.404 e. The molecule has 0 rings (SSSR count). The van der Waals surface area contributed by atoms with Crippen LogP contribution in [0.5, 0.6) is 0 Å². The van der Waals surface area contributed by atoms with E-state index in [9.17, 15) is 9.59 Å². The molecule has 0 aliphatic rings. The van der Waals surface area contributed by atoms with Crippen LogP contribution in [0.25, 0.3) is 0 Å². The van der Waals surface area contributed by atoms with E-state index >= 15 is 0 Å². The molecule has 7 heteroatoms. The average molecular weight is 239 g/mol. The van der Waals surface area contributed by atoms with E-state index in [2.05, 4.69) is 4.74 Å². The lowest BCUT2D eigenvalue weighted by Crippen LogP contribution is -2.14. The van der Waals surface area contributed by atoms with Gasteiger partial charge in [-0.25, -0.2) is 4.79 Å². The lowest BCUT2D eigenvalue weighted by molar-refractivity contribution is -0.140. The summed E-state index contributed by atoms with van der Waals surface area (Å²) in [4.78, 5) is 20.5. The molecule has 0 saturated heterocycles. The Bertz CT molecular complexity index is 169. The van der Waals surface area contributed by atoms with E-state index in [1.54, 1.807) is 10.8 Å². The van der Waals surface area contributed by atoms with Gasteiger partial charge in [0.05, 0.1) is 0 Å². The van der Waals surface area contributed by atoms with Crippen LogP contribution >= 0.6 is 21.6 Å². The third-order valence-corrected chi connectivity index (χ3v) is 3.30. The van der Waals surface area contributed by atoms with E-state index in [1.165, 1.54) is 17.7 Å². The minimum Gasteiger partial charge on any atom is -0.465 e. The van der Waals surface area contributed by atoms with Crippen molar-refractivity contribution in [3.63, 3.8) is 0 Å². The largest absolute Gasteiger partial charge is 0.465 e. The van der Waals surface area contributed by atoms with Crippen molar-refractivity contribution in [1.29, 1.82) is 0 Å². The number of primary amides is 1. The Kier molecular flexibility index (Phi) is 8.65. The van der Waals surface area contributed by atoms with Crippen molar-refractivity contribution in [1.82, 2.24) is 0 Å². The number of carbonyl (C=O) groups excluding carboxylic acids is 2. The van der Waals surface area contributed by atoms with Crippen LogP contribution in [0.15, 0.2) is 0 Å². The quantitative estimate of drug-likeness (QED) is 0.406. The van der Waals surface area contributed by atoms with Crippen LogP contribution < -0.4 is 5.73 Å². The molecule has 0 saturated carbocycles. The smallest absolute Gasteiger partial charge is 0.404 e. The van der Waals surface area contributed by atoms with E-state index in [-0.39, 0.29) is 5.97 Å². The molecule has 0 heterocycles. The van der Waals surface area contributed by atoms with Crippen LogP contribution in [0.1, 0.15) is 6.92 Å². The van der Waals surface area contributed by atoms with Gasteiger partial charge in [0.25, 0.3) is 0 Å². The molecule has 0 atom stereocenters. The van der Waals surface area contributed by atoms with E-state index in [0.29, 0.717) is 19.0 Å². The fourth-order valence-electron chi connectivity index (χ4n) is 0.514. The Hall–Kier alpha value is -0.560.